The Bertz CT molecular complexity index is 105. The molecular weight excluding hydrogens is 136 g/mol. The van der Waals surface area contributed by atoms with Crippen LogP contribution in [0, 0.1) is 0 Å². The van der Waals surface area contributed by atoms with Crippen molar-refractivity contribution in [3.05, 3.63) is 0 Å². The van der Waals surface area contributed by atoms with Gasteiger partial charge in [0.1, 0.15) is 0 Å². The fourth-order valence-corrected chi connectivity index (χ4v) is 0.564. The van der Waals surface area contributed by atoms with Gasteiger partial charge in [-0.1, -0.05) is 12.2 Å². The molecule has 52 valence electrons. The summed E-state index contributed by atoms with van der Waals surface area (Å²) in [4.78, 5) is 10.0. The zero-order valence-electron chi connectivity index (χ0n) is 5.09. The Labute approximate surface area is 59.6 Å². The van der Waals surface area contributed by atoms with E-state index in [9.17, 15) is 4.79 Å². The Balaban J connectivity index is 2.91. The van der Waals surface area contributed by atoms with E-state index < -0.39 is 6.03 Å². The quantitative estimate of drug-likeness (QED) is 0.446. The molecule has 4 heteroatoms. The molecule has 0 radical (unpaired) electrons. The predicted octanol–water partition coefficient (Wildman–Crippen LogP) is 0.435. The third-order valence-electron chi connectivity index (χ3n) is 0.798. The first-order chi connectivity index (χ1) is 4.27. The minimum Gasteiger partial charge on any atom is -0.352 e. The van der Waals surface area contributed by atoms with E-state index in [1.807, 2.05) is 0 Å². The molecule has 0 spiro atoms. The highest BCUT2D eigenvalue weighted by Crippen LogP contribution is 1.80. The highest BCUT2D eigenvalue weighted by atomic mass is 32.1. The van der Waals surface area contributed by atoms with Crippen LogP contribution in [0.2, 0.25) is 0 Å². The minimum absolute atomic E-state index is 0.473. The highest BCUT2D eigenvalue weighted by molar-refractivity contribution is 7.78. The number of carbonyl (C=O) groups is 1. The van der Waals surface area contributed by atoms with Crippen molar-refractivity contribution in [3.63, 3.8) is 0 Å². The Morgan fingerprint density at radius 2 is 2.44 bits per heavy atom. The second kappa shape index (κ2) is 5.50. The molecule has 0 saturated carbocycles. The Kier molecular flexibility index (Phi) is 5.11. The summed E-state index contributed by atoms with van der Waals surface area (Å²) in [6.45, 7) is 0.614. The molecule has 9 heavy (non-hydrogen) atoms. The third-order valence-corrected chi connectivity index (χ3v) is 1.03. The monoisotopic (exact) mass is 146 g/mol. The molecule has 0 bridgehead atoms. The van der Waals surface area contributed by atoms with E-state index >= 15 is 0 Å². The van der Waals surface area contributed by atoms with Crippen LogP contribution < -0.4 is 11.1 Å². The lowest BCUT2D eigenvalue weighted by atomic mass is 10.3. The molecule has 0 aromatic rings. The van der Waals surface area contributed by atoms with E-state index in [0.717, 1.165) is 12.8 Å². The average molecular weight is 146 g/mol. The van der Waals surface area contributed by atoms with Gasteiger partial charge in [0.25, 0.3) is 0 Å². The number of primary amides is 1. The number of rotatable bonds is 4. The molecule has 0 heterocycles. The zero-order valence-corrected chi connectivity index (χ0v) is 5.91. The molecule has 0 aromatic carbocycles. The number of nitrogens with one attached hydrogen (secondary N) is 1. The summed E-state index contributed by atoms with van der Waals surface area (Å²) in [7, 11) is 0. The topological polar surface area (TPSA) is 55.1 Å². The number of unbranched alkanes of at least 4 members (excludes halogenated alkanes) is 1. The second-order valence-corrected chi connectivity index (χ2v) is 1.93. The number of nitrogens with two attached hydrogens (primary N) is 1. The van der Waals surface area contributed by atoms with Crippen LogP contribution in [-0.4, -0.2) is 17.9 Å². The number of thiocarbonyl (C=S) groups is 1. The number of hydrogen-bond donors (Lipinski definition) is 2. The SMILES string of the molecule is NC(=O)NCCCC=S. The lowest BCUT2D eigenvalue weighted by molar-refractivity contribution is 0.249. The van der Waals surface area contributed by atoms with Gasteiger partial charge in [-0.25, -0.2) is 4.79 Å². The van der Waals surface area contributed by atoms with Crippen LogP contribution >= 0.6 is 12.2 Å². The fourth-order valence-electron chi connectivity index (χ4n) is 0.397. The van der Waals surface area contributed by atoms with Crippen molar-refractivity contribution in [2.75, 3.05) is 6.54 Å². The number of amides is 2. The molecule has 0 fully saturated rings. The smallest absolute Gasteiger partial charge is 0.312 e. The summed E-state index contributed by atoms with van der Waals surface area (Å²) in [5.74, 6) is 0. The number of urea groups is 1. The fraction of sp³-hybridized carbons (Fsp3) is 0.600. The van der Waals surface area contributed by atoms with Gasteiger partial charge in [0.15, 0.2) is 0 Å². The number of carbonyl (C=O) groups excluding carboxylic acids is 1. The first-order valence-electron chi connectivity index (χ1n) is 2.74. The van der Waals surface area contributed by atoms with E-state index in [2.05, 4.69) is 17.5 Å². The van der Waals surface area contributed by atoms with Crippen LogP contribution in [0.4, 0.5) is 4.79 Å². The summed E-state index contributed by atoms with van der Waals surface area (Å²) in [6, 6.07) is -0.473. The Morgan fingerprint density at radius 3 is 2.89 bits per heavy atom. The minimum atomic E-state index is -0.473. The van der Waals surface area contributed by atoms with E-state index in [4.69, 9.17) is 5.73 Å². The van der Waals surface area contributed by atoms with Crippen LogP contribution in [0.5, 0.6) is 0 Å². The molecule has 0 unspecified atom stereocenters. The van der Waals surface area contributed by atoms with Crippen molar-refractivity contribution in [1.82, 2.24) is 5.32 Å². The largest absolute Gasteiger partial charge is 0.352 e. The Morgan fingerprint density at radius 1 is 1.78 bits per heavy atom. The molecule has 2 amide bonds. The summed E-state index contributed by atoms with van der Waals surface area (Å²) in [5.41, 5.74) is 4.79. The molecule has 0 aliphatic rings. The predicted molar refractivity (Wildman–Crippen MR) is 40.5 cm³/mol. The van der Waals surface area contributed by atoms with Gasteiger partial charge < -0.3 is 11.1 Å². The lowest BCUT2D eigenvalue weighted by Crippen LogP contribution is -2.29. The lowest BCUT2D eigenvalue weighted by Gasteiger charge is -1.96. The van der Waals surface area contributed by atoms with E-state index in [1.54, 1.807) is 5.37 Å². The average Bonchev–Trinajstić information content (AvgIpc) is 1.80. The van der Waals surface area contributed by atoms with Crippen LogP contribution in [0.3, 0.4) is 0 Å². The molecule has 0 saturated heterocycles. The maximum absolute atomic E-state index is 10.0. The third kappa shape index (κ3) is 7.36. The van der Waals surface area contributed by atoms with Crippen molar-refractivity contribution >= 4 is 23.6 Å². The Hall–Kier alpha value is -0.640. The number of hydrogen-bond acceptors (Lipinski definition) is 2. The molecule has 0 aromatic heterocycles. The highest BCUT2D eigenvalue weighted by Gasteiger charge is 1.87. The molecule has 0 aliphatic heterocycles. The van der Waals surface area contributed by atoms with E-state index in [1.165, 1.54) is 0 Å². The van der Waals surface area contributed by atoms with Gasteiger partial charge in [-0.05, 0) is 18.2 Å². The van der Waals surface area contributed by atoms with Gasteiger partial charge in [-0.3, -0.25) is 0 Å². The maximum atomic E-state index is 10.0. The van der Waals surface area contributed by atoms with Gasteiger partial charge in [0.05, 0.1) is 0 Å². The van der Waals surface area contributed by atoms with Gasteiger partial charge in [0.2, 0.25) is 0 Å². The molecule has 0 atom stereocenters. The molecule has 3 N–H and O–H groups in total. The van der Waals surface area contributed by atoms with Gasteiger partial charge >= 0.3 is 6.03 Å². The standard InChI is InChI=1S/C5H10N2OS/c6-5(8)7-3-1-2-4-9/h4H,1-3H2,(H3,6,7,8). The van der Waals surface area contributed by atoms with Crippen molar-refractivity contribution in [2.24, 2.45) is 5.73 Å². The van der Waals surface area contributed by atoms with Crippen molar-refractivity contribution in [2.45, 2.75) is 12.8 Å². The summed E-state index contributed by atoms with van der Waals surface area (Å²) in [5, 5.41) is 4.09. The van der Waals surface area contributed by atoms with Crippen LogP contribution in [0.25, 0.3) is 0 Å². The normalized spacial score (nSPS) is 8.44. The van der Waals surface area contributed by atoms with Gasteiger partial charge in [-0.15, -0.1) is 0 Å². The van der Waals surface area contributed by atoms with E-state index in [0.29, 0.717) is 6.54 Å². The molecular formula is C5H10N2OS. The molecule has 0 rings (SSSR count). The summed E-state index contributed by atoms with van der Waals surface area (Å²) >= 11 is 4.56. The van der Waals surface area contributed by atoms with Crippen LogP contribution in [0.1, 0.15) is 12.8 Å². The first kappa shape index (κ1) is 8.36. The first-order valence-corrected chi connectivity index (χ1v) is 3.21. The van der Waals surface area contributed by atoms with Gasteiger partial charge in [0, 0.05) is 6.54 Å². The van der Waals surface area contributed by atoms with Crippen LogP contribution in [0.15, 0.2) is 0 Å². The second-order valence-electron chi connectivity index (χ2n) is 1.60. The maximum Gasteiger partial charge on any atom is 0.312 e. The summed E-state index contributed by atoms with van der Waals surface area (Å²) in [6.07, 6.45) is 1.71. The molecule has 0 aliphatic carbocycles. The van der Waals surface area contributed by atoms with Crippen molar-refractivity contribution < 1.29 is 4.79 Å². The molecule has 3 nitrogen and oxygen atoms in total. The van der Waals surface area contributed by atoms with Crippen molar-refractivity contribution in [3.8, 4) is 0 Å². The van der Waals surface area contributed by atoms with Crippen molar-refractivity contribution in [1.29, 1.82) is 0 Å². The summed E-state index contributed by atoms with van der Waals surface area (Å²) < 4.78 is 0. The van der Waals surface area contributed by atoms with E-state index in [-0.39, 0.29) is 0 Å². The van der Waals surface area contributed by atoms with Crippen LogP contribution in [-0.2, 0) is 0 Å². The zero-order chi connectivity index (χ0) is 7.11. The van der Waals surface area contributed by atoms with Gasteiger partial charge in [-0.2, -0.15) is 0 Å².